The van der Waals surface area contributed by atoms with Crippen LogP contribution in [0.15, 0.2) is 17.0 Å². The summed E-state index contributed by atoms with van der Waals surface area (Å²) in [5.41, 5.74) is 7.27. The third-order valence-electron chi connectivity index (χ3n) is 3.80. The second-order valence-electron chi connectivity index (χ2n) is 6.70. The molecule has 1 rings (SSSR count). The van der Waals surface area contributed by atoms with Gasteiger partial charge in [-0.1, -0.05) is 27.7 Å². The standard InChI is InChI=1S/C17H30N2O3S.ClH/c1-11(2)7-14(10-18)19-23(20,21)17-9-15(12(3)4)16(22-6)8-13(17)5;/h8-9,11-12,14,19H,7,10,18H2,1-6H3;1H. The smallest absolute Gasteiger partial charge is 0.241 e. The van der Waals surface area contributed by atoms with Crippen molar-refractivity contribution in [1.82, 2.24) is 4.72 Å². The summed E-state index contributed by atoms with van der Waals surface area (Å²) in [6.45, 7) is 10.2. The van der Waals surface area contributed by atoms with E-state index in [4.69, 9.17) is 10.5 Å². The minimum absolute atomic E-state index is 0. The molecule has 5 nitrogen and oxygen atoms in total. The Labute approximate surface area is 152 Å². The summed E-state index contributed by atoms with van der Waals surface area (Å²) in [4.78, 5) is 0.296. The maximum atomic E-state index is 12.8. The van der Waals surface area contributed by atoms with Gasteiger partial charge in [-0.05, 0) is 48.4 Å². The Hall–Kier alpha value is -0.820. The molecular formula is C17H31ClN2O3S. The lowest BCUT2D eigenvalue weighted by Gasteiger charge is -2.21. The summed E-state index contributed by atoms with van der Waals surface area (Å²) in [5.74, 6) is 1.25. The molecule has 1 unspecified atom stereocenters. The van der Waals surface area contributed by atoms with E-state index >= 15 is 0 Å². The lowest BCUT2D eigenvalue weighted by molar-refractivity contribution is 0.406. The van der Waals surface area contributed by atoms with Crippen molar-refractivity contribution in [3.8, 4) is 5.75 Å². The number of rotatable bonds is 8. The highest BCUT2D eigenvalue weighted by atomic mass is 35.5. The SMILES string of the molecule is COc1cc(C)c(S(=O)(=O)NC(CN)CC(C)C)cc1C(C)C.Cl. The zero-order valence-corrected chi connectivity index (χ0v) is 17.1. The van der Waals surface area contributed by atoms with E-state index < -0.39 is 10.0 Å². The molecule has 140 valence electrons. The van der Waals surface area contributed by atoms with Crippen LogP contribution in [-0.2, 0) is 10.0 Å². The van der Waals surface area contributed by atoms with Crippen LogP contribution in [0.2, 0.25) is 0 Å². The summed E-state index contributed by atoms with van der Waals surface area (Å²) in [6.07, 6.45) is 0.710. The topological polar surface area (TPSA) is 81.4 Å². The predicted molar refractivity (Wildman–Crippen MR) is 102 cm³/mol. The first kappa shape index (κ1) is 23.2. The van der Waals surface area contributed by atoms with E-state index in [1.807, 2.05) is 27.7 Å². The Kier molecular flexibility index (Phi) is 9.28. The first-order chi connectivity index (χ1) is 10.6. The van der Waals surface area contributed by atoms with Crippen molar-refractivity contribution in [1.29, 1.82) is 0 Å². The number of hydrogen-bond acceptors (Lipinski definition) is 4. The van der Waals surface area contributed by atoms with E-state index in [0.29, 0.717) is 28.5 Å². The Bertz CT molecular complexity index is 631. The number of nitrogens with one attached hydrogen (secondary N) is 1. The van der Waals surface area contributed by atoms with Crippen molar-refractivity contribution >= 4 is 22.4 Å². The van der Waals surface area contributed by atoms with Crippen molar-refractivity contribution in [2.75, 3.05) is 13.7 Å². The Morgan fingerprint density at radius 1 is 1.21 bits per heavy atom. The number of hydrogen-bond donors (Lipinski definition) is 2. The lowest BCUT2D eigenvalue weighted by atomic mass is 10.0. The molecule has 0 aliphatic heterocycles. The number of methoxy groups -OCH3 is 1. The van der Waals surface area contributed by atoms with Crippen molar-refractivity contribution < 1.29 is 13.2 Å². The minimum Gasteiger partial charge on any atom is -0.496 e. The van der Waals surface area contributed by atoms with Crippen LogP contribution in [0.5, 0.6) is 5.75 Å². The summed E-state index contributed by atoms with van der Waals surface area (Å²) in [7, 11) is -2.02. The molecule has 0 heterocycles. The molecule has 0 saturated heterocycles. The molecular weight excluding hydrogens is 348 g/mol. The van der Waals surface area contributed by atoms with Gasteiger partial charge in [0.1, 0.15) is 5.75 Å². The minimum atomic E-state index is -3.61. The highest BCUT2D eigenvalue weighted by molar-refractivity contribution is 7.89. The van der Waals surface area contributed by atoms with Gasteiger partial charge in [-0.2, -0.15) is 0 Å². The van der Waals surface area contributed by atoms with E-state index in [0.717, 1.165) is 5.56 Å². The van der Waals surface area contributed by atoms with Crippen molar-refractivity contribution in [2.45, 2.75) is 57.9 Å². The molecule has 24 heavy (non-hydrogen) atoms. The van der Waals surface area contributed by atoms with Gasteiger partial charge in [-0.25, -0.2) is 13.1 Å². The summed E-state index contributed by atoms with van der Waals surface area (Å²) >= 11 is 0. The molecule has 0 aromatic heterocycles. The van der Waals surface area contributed by atoms with Gasteiger partial charge in [-0.3, -0.25) is 0 Å². The number of sulfonamides is 1. The fourth-order valence-electron chi connectivity index (χ4n) is 2.64. The largest absolute Gasteiger partial charge is 0.496 e. The highest BCUT2D eigenvalue weighted by Gasteiger charge is 2.24. The first-order valence-electron chi connectivity index (χ1n) is 8.03. The third kappa shape index (κ3) is 5.92. The van der Waals surface area contributed by atoms with E-state index in [1.165, 1.54) is 0 Å². The number of nitrogens with two attached hydrogens (primary N) is 1. The van der Waals surface area contributed by atoms with E-state index in [9.17, 15) is 8.42 Å². The quantitative estimate of drug-likeness (QED) is 0.727. The van der Waals surface area contributed by atoms with Gasteiger partial charge in [0.05, 0.1) is 12.0 Å². The van der Waals surface area contributed by atoms with Crippen LogP contribution in [0, 0.1) is 12.8 Å². The van der Waals surface area contributed by atoms with Crippen LogP contribution >= 0.6 is 12.4 Å². The van der Waals surface area contributed by atoms with Gasteiger partial charge >= 0.3 is 0 Å². The second-order valence-corrected chi connectivity index (χ2v) is 8.38. The zero-order valence-electron chi connectivity index (χ0n) is 15.4. The maximum Gasteiger partial charge on any atom is 0.241 e. The van der Waals surface area contributed by atoms with Crippen LogP contribution in [-0.4, -0.2) is 28.1 Å². The fraction of sp³-hybridized carbons (Fsp3) is 0.647. The molecule has 0 aliphatic carbocycles. The Morgan fingerprint density at radius 2 is 1.79 bits per heavy atom. The molecule has 1 aromatic carbocycles. The van der Waals surface area contributed by atoms with Crippen molar-refractivity contribution in [3.63, 3.8) is 0 Å². The molecule has 1 aromatic rings. The van der Waals surface area contributed by atoms with Gasteiger partial charge in [0.25, 0.3) is 0 Å². The Morgan fingerprint density at radius 3 is 2.21 bits per heavy atom. The highest BCUT2D eigenvalue weighted by Crippen LogP contribution is 2.31. The summed E-state index contributed by atoms with van der Waals surface area (Å²) in [6, 6.07) is 3.23. The average Bonchev–Trinajstić information content (AvgIpc) is 2.44. The van der Waals surface area contributed by atoms with E-state index in [1.54, 1.807) is 26.2 Å². The van der Waals surface area contributed by atoms with Gasteiger partial charge in [-0.15, -0.1) is 12.4 Å². The van der Waals surface area contributed by atoms with Gasteiger partial charge in [0.15, 0.2) is 0 Å². The van der Waals surface area contributed by atoms with Crippen LogP contribution in [0.1, 0.15) is 51.2 Å². The molecule has 7 heteroatoms. The third-order valence-corrected chi connectivity index (χ3v) is 5.46. The van der Waals surface area contributed by atoms with Crippen LogP contribution in [0.4, 0.5) is 0 Å². The number of halogens is 1. The molecule has 0 amide bonds. The van der Waals surface area contributed by atoms with Crippen LogP contribution < -0.4 is 15.2 Å². The van der Waals surface area contributed by atoms with Gasteiger partial charge < -0.3 is 10.5 Å². The fourth-order valence-corrected chi connectivity index (χ4v) is 4.16. The monoisotopic (exact) mass is 378 g/mol. The number of ether oxygens (including phenoxy) is 1. The summed E-state index contributed by atoms with van der Waals surface area (Å²) in [5, 5.41) is 0. The molecule has 0 saturated carbocycles. The second kappa shape index (κ2) is 9.61. The van der Waals surface area contributed by atoms with Crippen LogP contribution in [0.3, 0.4) is 0 Å². The molecule has 0 bridgehead atoms. The normalized spacial score (nSPS) is 13.0. The van der Waals surface area contributed by atoms with Crippen molar-refractivity contribution in [3.05, 3.63) is 23.3 Å². The average molecular weight is 379 g/mol. The number of benzene rings is 1. The van der Waals surface area contributed by atoms with E-state index in [-0.39, 0.29) is 30.9 Å². The van der Waals surface area contributed by atoms with E-state index in [2.05, 4.69) is 4.72 Å². The number of aryl methyl sites for hydroxylation is 1. The van der Waals surface area contributed by atoms with Gasteiger partial charge in [0, 0.05) is 12.6 Å². The molecule has 0 aliphatic rings. The Balaban J connectivity index is 0.00000529. The molecule has 1 atom stereocenters. The van der Waals surface area contributed by atoms with Crippen LogP contribution in [0.25, 0.3) is 0 Å². The van der Waals surface area contributed by atoms with Crippen molar-refractivity contribution in [2.24, 2.45) is 11.7 Å². The summed E-state index contributed by atoms with van der Waals surface area (Å²) < 4.78 is 33.7. The predicted octanol–water partition coefficient (Wildman–Crippen LogP) is 3.20. The zero-order chi connectivity index (χ0) is 17.8. The van der Waals surface area contributed by atoms with Gasteiger partial charge in [0.2, 0.25) is 10.0 Å². The molecule has 0 spiro atoms. The molecule has 3 N–H and O–H groups in total. The molecule has 0 radical (unpaired) electrons. The molecule has 0 fully saturated rings. The maximum absolute atomic E-state index is 12.8. The lowest BCUT2D eigenvalue weighted by Crippen LogP contribution is -2.41. The first-order valence-corrected chi connectivity index (χ1v) is 9.51.